The highest BCUT2D eigenvalue weighted by atomic mass is 16.6. The zero-order valence-electron chi connectivity index (χ0n) is 14.5. The summed E-state index contributed by atoms with van der Waals surface area (Å²) in [5, 5.41) is 16.0. The second-order valence-electron chi connectivity index (χ2n) is 7.58. The number of benzene rings is 1. The van der Waals surface area contributed by atoms with E-state index in [1.54, 1.807) is 12.1 Å². The number of hydrogen-bond acceptors (Lipinski definition) is 5. The fraction of sp³-hybridized carbons (Fsp3) is 0.611. The maximum Gasteiger partial charge on any atom is 0.407 e. The number of alkyl carbamates (subject to hydrolysis) is 1. The smallest absolute Gasteiger partial charge is 0.407 e. The van der Waals surface area contributed by atoms with Gasteiger partial charge in [-0.25, -0.2) is 4.79 Å². The van der Waals surface area contributed by atoms with E-state index in [2.05, 4.69) is 10.6 Å². The Kier molecular flexibility index (Phi) is 4.58. The minimum Gasteiger partial charge on any atom is -0.508 e. The molecular weight excluding hydrogens is 308 g/mol. The largest absolute Gasteiger partial charge is 0.508 e. The number of carbonyl (C=O) groups excluding carboxylic acids is 1. The van der Waals surface area contributed by atoms with Crippen LogP contribution >= 0.6 is 0 Å². The SMILES string of the molecule is CC(C)(C)OC(=O)NC(CNC1COc2cc(O)ccc21)C1CC1. The summed E-state index contributed by atoms with van der Waals surface area (Å²) in [6.45, 7) is 6.78. The van der Waals surface area contributed by atoms with Crippen molar-refractivity contribution in [2.75, 3.05) is 13.2 Å². The molecule has 24 heavy (non-hydrogen) atoms. The van der Waals surface area contributed by atoms with Crippen LogP contribution in [0.25, 0.3) is 0 Å². The van der Waals surface area contributed by atoms with Crippen LogP contribution in [-0.4, -0.2) is 36.0 Å². The number of rotatable bonds is 5. The van der Waals surface area contributed by atoms with E-state index in [1.807, 2.05) is 26.8 Å². The molecule has 0 saturated heterocycles. The molecule has 132 valence electrons. The average Bonchev–Trinajstić information content (AvgIpc) is 3.23. The fourth-order valence-corrected chi connectivity index (χ4v) is 2.93. The van der Waals surface area contributed by atoms with Crippen molar-refractivity contribution in [1.29, 1.82) is 0 Å². The summed E-state index contributed by atoms with van der Waals surface area (Å²) in [5.41, 5.74) is 0.547. The number of aromatic hydroxyl groups is 1. The predicted octanol–water partition coefficient (Wildman–Crippen LogP) is 2.72. The maximum absolute atomic E-state index is 12.0. The van der Waals surface area contributed by atoms with Crippen molar-refractivity contribution in [3.05, 3.63) is 23.8 Å². The van der Waals surface area contributed by atoms with Crippen LogP contribution < -0.4 is 15.4 Å². The molecule has 0 radical (unpaired) electrons. The second-order valence-corrected chi connectivity index (χ2v) is 7.58. The Morgan fingerprint density at radius 2 is 2.17 bits per heavy atom. The zero-order valence-corrected chi connectivity index (χ0v) is 14.5. The third-order valence-electron chi connectivity index (χ3n) is 4.26. The summed E-state index contributed by atoms with van der Waals surface area (Å²) in [5.74, 6) is 1.43. The molecule has 1 amide bonds. The van der Waals surface area contributed by atoms with Gasteiger partial charge in [-0.1, -0.05) is 0 Å². The first-order chi connectivity index (χ1) is 11.3. The van der Waals surface area contributed by atoms with Gasteiger partial charge in [0.15, 0.2) is 0 Å². The van der Waals surface area contributed by atoms with Gasteiger partial charge in [0, 0.05) is 24.2 Å². The molecule has 0 spiro atoms. The molecular formula is C18H26N2O4. The van der Waals surface area contributed by atoms with E-state index in [4.69, 9.17) is 9.47 Å². The van der Waals surface area contributed by atoms with Gasteiger partial charge < -0.3 is 25.2 Å². The number of nitrogens with one attached hydrogen (secondary N) is 2. The van der Waals surface area contributed by atoms with Crippen molar-refractivity contribution in [2.45, 2.75) is 51.3 Å². The van der Waals surface area contributed by atoms with Crippen molar-refractivity contribution >= 4 is 6.09 Å². The number of carbonyl (C=O) groups is 1. The Balaban J connectivity index is 1.55. The first-order valence-corrected chi connectivity index (χ1v) is 8.50. The minimum atomic E-state index is -0.494. The molecule has 2 unspecified atom stereocenters. The predicted molar refractivity (Wildman–Crippen MR) is 90.2 cm³/mol. The third-order valence-corrected chi connectivity index (χ3v) is 4.26. The Morgan fingerprint density at radius 1 is 1.42 bits per heavy atom. The molecule has 3 rings (SSSR count). The van der Waals surface area contributed by atoms with E-state index in [0.29, 0.717) is 19.1 Å². The van der Waals surface area contributed by atoms with E-state index in [1.165, 1.54) is 0 Å². The Hall–Kier alpha value is -1.95. The molecule has 1 aromatic carbocycles. The van der Waals surface area contributed by atoms with Crippen molar-refractivity contribution in [2.24, 2.45) is 5.92 Å². The van der Waals surface area contributed by atoms with Crippen molar-refractivity contribution in [3.8, 4) is 11.5 Å². The number of phenolic OH excluding ortho intramolecular Hbond substituents is 1. The van der Waals surface area contributed by atoms with Gasteiger partial charge in [0.2, 0.25) is 0 Å². The van der Waals surface area contributed by atoms with Crippen LogP contribution in [0, 0.1) is 5.92 Å². The summed E-state index contributed by atoms with van der Waals surface area (Å²) in [4.78, 5) is 12.0. The van der Waals surface area contributed by atoms with E-state index in [0.717, 1.165) is 24.2 Å². The van der Waals surface area contributed by atoms with Crippen LogP contribution in [0.5, 0.6) is 11.5 Å². The lowest BCUT2D eigenvalue weighted by atomic mass is 10.1. The van der Waals surface area contributed by atoms with Gasteiger partial charge in [0.1, 0.15) is 23.7 Å². The van der Waals surface area contributed by atoms with Crippen LogP contribution in [0.2, 0.25) is 0 Å². The van der Waals surface area contributed by atoms with E-state index in [9.17, 15) is 9.90 Å². The first-order valence-electron chi connectivity index (χ1n) is 8.50. The molecule has 2 aliphatic rings. The van der Waals surface area contributed by atoms with Crippen LogP contribution in [0.1, 0.15) is 45.2 Å². The zero-order chi connectivity index (χ0) is 17.3. The van der Waals surface area contributed by atoms with Gasteiger partial charge in [-0.05, 0) is 51.7 Å². The van der Waals surface area contributed by atoms with Gasteiger partial charge in [0.25, 0.3) is 0 Å². The second kappa shape index (κ2) is 6.51. The van der Waals surface area contributed by atoms with Gasteiger partial charge in [0.05, 0.1) is 6.04 Å². The van der Waals surface area contributed by atoms with Crippen LogP contribution in [0.3, 0.4) is 0 Å². The third kappa shape index (κ3) is 4.32. The van der Waals surface area contributed by atoms with Gasteiger partial charge in [-0.3, -0.25) is 0 Å². The number of phenols is 1. The summed E-state index contributed by atoms with van der Waals surface area (Å²) < 4.78 is 11.0. The topological polar surface area (TPSA) is 79.8 Å². The summed E-state index contributed by atoms with van der Waals surface area (Å²) in [7, 11) is 0. The maximum atomic E-state index is 12.0. The van der Waals surface area contributed by atoms with Crippen LogP contribution in [0.4, 0.5) is 4.79 Å². The highest BCUT2D eigenvalue weighted by molar-refractivity contribution is 5.68. The normalized spacial score (nSPS) is 20.9. The van der Waals surface area contributed by atoms with Crippen molar-refractivity contribution in [1.82, 2.24) is 10.6 Å². The number of hydrogen-bond donors (Lipinski definition) is 3. The summed E-state index contributed by atoms with van der Waals surface area (Å²) >= 11 is 0. The van der Waals surface area contributed by atoms with Gasteiger partial charge in [-0.15, -0.1) is 0 Å². The first kappa shape index (κ1) is 16.9. The van der Waals surface area contributed by atoms with Gasteiger partial charge >= 0.3 is 6.09 Å². The molecule has 6 nitrogen and oxygen atoms in total. The standard InChI is InChI=1S/C18H26N2O4/c1-18(2,3)24-17(22)20-14(11-4-5-11)9-19-15-10-23-16-8-12(21)6-7-13(15)16/h6-8,11,14-15,19,21H,4-5,9-10H2,1-3H3,(H,20,22). The minimum absolute atomic E-state index is 0.0565. The molecule has 1 heterocycles. The number of ether oxygens (including phenoxy) is 2. The van der Waals surface area contributed by atoms with Gasteiger partial charge in [-0.2, -0.15) is 0 Å². The lowest BCUT2D eigenvalue weighted by molar-refractivity contribution is 0.0496. The molecule has 6 heteroatoms. The van der Waals surface area contributed by atoms with E-state index < -0.39 is 5.60 Å². The molecule has 0 aromatic heterocycles. The van der Waals surface area contributed by atoms with Crippen molar-refractivity contribution < 1.29 is 19.4 Å². The van der Waals surface area contributed by atoms with Crippen LogP contribution in [0.15, 0.2) is 18.2 Å². The van der Waals surface area contributed by atoms with Crippen LogP contribution in [-0.2, 0) is 4.74 Å². The molecule has 1 aromatic rings. The molecule has 2 atom stereocenters. The lowest BCUT2D eigenvalue weighted by Crippen LogP contribution is -2.46. The Labute approximate surface area is 142 Å². The molecule has 1 aliphatic carbocycles. The average molecular weight is 334 g/mol. The summed E-state index contributed by atoms with van der Waals surface area (Å²) in [6, 6.07) is 5.31. The highest BCUT2D eigenvalue weighted by Gasteiger charge is 2.34. The Morgan fingerprint density at radius 3 is 2.83 bits per heavy atom. The van der Waals surface area contributed by atoms with Crippen molar-refractivity contribution in [3.63, 3.8) is 0 Å². The van der Waals surface area contributed by atoms with E-state index in [-0.39, 0.29) is 23.9 Å². The molecule has 3 N–H and O–H groups in total. The molecule has 1 saturated carbocycles. The molecule has 1 aliphatic heterocycles. The highest BCUT2D eigenvalue weighted by Crippen LogP contribution is 2.36. The molecule has 0 bridgehead atoms. The lowest BCUT2D eigenvalue weighted by Gasteiger charge is -2.24. The van der Waals surface area contributed by atoms with E-state index >= 15 is 0 Å². The monoisotopic (exact) mass is 334 g/mol. The quantitative estimate of drug-likeness (QED) is 0.771. The molecule has 1 fully saturated rings. The number of amides is 1. The Bertz CT molecular complexity index is 608. The summed E-state index contributed by atoms with van der Waals surface area (Å²) in [6.07, 6.45) is 1.90. The fourth-order valence-electron chi connectivity index (χ4n) is 2.93. The number of fused-ring (bicyclic) bond motifs is 1.